The lowest BCUT2D eigenvalue weighted by molar-refractivity contribution is -0.131. The van der Waals surface area contributed by atoms with Crippen molar-refractivity contribution < 1.29 is 14.7 Å². The highest BCUT2D eigenvalue weighted by molar-refractivity contribution is 6.33. The monoisotopic (exact) mass is 203 g/mol. The molecule has 0 saturated heterocycles. The van der Waals surface area contributed by atoms with Crippen molar-refractivity contribution in [1.82, 2.24) is 0 Å². The molecule has 1 amide bonds. The molecule has 0 fully saturated rings. The molecule has 4 heteroatoms. The Morgan fingerprint density at radius 1 is 1.47 bits per heavy atom. The molecule has 0 aromatic heterocycles. The van der Waals surface area contributed by atoms with Gasteiger partial charge in [-0.05, 0) is 19.1 Å². The minimum atomic E-state index is -1.12. The summed E-state index contributed by atoms with van der Waals surface area (Å²) in [6, 6.07) is 5.43. The number of amides is 1. The second-order valence-electron chi connectivity index (χ2n) is 3.40. The summed E-state index contributed by atoms with van der Waals surface area (Å²) >= 11 is 0. The number of fused-ring (bicyclic) bond motifs is 1. The number of benzene rings is 1. The predicted molar refractivity (Wildman–Crippen MR) is 55.4 cm³/mol. The van der Waals surface area contributed by atoms with Gasteiger partial charge in [-0.25, -0.2) is 4.79 Å². The first-order valence-electron chi connectivity index (χ1n) is 4.45. The summed E-state index contributed by atoms with van der Waals surface area (Å²) in [6.07, 6.45) is 0.931. The number of carboxylic acids is 1. The fraction of sp³-hybridized carbons (Fsp3) is 0.0909. The van der Waals surface area contributed by atoms with Gasteiger partial charge < -0.3 is 10.4 Å². The molecule has 0 spiro atoms. The molecule has 1 aromatic carbocycles. The van der Waals surface area contributed by atoms with Crippen molar-refractivity contribution in [3.63, 3.8) is 0 Å². The summed E-state index contributed by atoms with van der Waals surface area (Å²) in [6.45, 7) is 1.89. The van der Waals surface area contributed by atoms with Crippen molar-refractivity contribution in [3.05, 3.63) is 35.4 Å². The van der Waals surface area contributed by atoms with Crippen LogP contribution in [0.15, 0.2) is 24.3 Å². The number of aliphatic carboxylic acids is 1. The van der Waals surface area contributed by atoms with Crippen LogP contribution in [0.1, 0.15) is 11.1 Å². The van der Waals surface area contributed by atoms with E-state index in [0.717, 1.165) is 11.6 Å². The van der Waals surface area contributed by atoms with Gasteiger partial charge in [0.05, 0.1) is 5.57 Å². The smallest absolute Gasteiger partial charge is 0.329 e. The van der Waals surface area contributed by atoms with E-state index in [9.17, 15) is 9.59 Å². The highest BCUT2D eigenvalue weighted by atomic mass is 16.4. The molecule has 0 saturated carbocycles. The highest BCUT2D eigenvalue weighted by Crippen LogP contribution is 2.31. The summed E-state index contributed by atoms with van der Waals surface area (Å²) in [4.78, 5) is 22.0. The predicted octanol–water partition coefficient (Wildman–Crippen LogP) is 1.42. The number of nitrogens with one attached hydrogen (secondary N) is 1. The molecule has 1 aliphatic heterocycles. The SMILES string of the molecule is Cc1ccc2c(c1)/C(=C/C(=O)O)C(=O)N2. The van der Waals surface area contributed by atoms with Crippen molar-refractivity contribution in [2.45, 2.75) is 6.92 Å². The maximum absolute atomic E-state index is 11.4. The second kappa shape index (κ2) is 3.24. The van der Waals surface area contributed by atoms with Crippen LogP contribution in [0.4, 0.5) is 5.69 Å². The van der Waals surface area contributed by atoms with E-state index in [-0.39, 0.29) is 11.5 Å². The van der Waals surface area contributed by atoms with E-state index in [0.29, 0.717) is 11.3 Å². The van der Waals surface area contributed by atoms with Crippen LogP contribution in [0, 0.1) is 6.92 Å². The first-order valence-corrected chi connectivity index (χ1v) is 4.45. The number of hydrogen-bond donors (Lipinski definition) is 2. The average molecular weight is 203 g/mol. The maximum atomic E-state index is 11.4. The molecule has 1 aliphatic rings. The van der Waals surface area contributed by atoms with Gasteiger partial charge in [0.15, 0.2) is 0 Å². The Morgan fingerprint density at radius 3 is 2.87 bits per heavy atom. The van der Waals surface area contributed by atoms with Crippen LogP contribution in [-0.2, 0) is 9.59 Å². The van der Waals surface area contributed by atoms with Crippen LogP contribution in [0.3, 0.4) is 0 Å². The third kappa shape index (κ3) is 1.61. The van der Waals surface area contributed by atoms with E-state index in [1.54, 1.807) is 12.1 Å². The zero-order valence-electron chi connectivity index (χ0n) is 8.07. The van der Waals surface area contributed by atoms with Gasteiger partial charge in [0, 0.05) is 17.3 Å². The van der Waals surface area contributed by atoms with Gasteiger partial charge in [0.25, 0.3) is 5.91 Å². The molecular weight excluding hydrogens is 194 g/mol. The lowest BCUT2D eigenvalue weighted by atomic mass is 10.0. The van der Waals surface area contributed by atoms with Crippen LogP contribution in [-0.4, -0.2) is 17.0 Å². The lowest BCUT2D eigenvalue weighted by Gasteiger charge is -1.98. The molecule has 1 aromatic rings. The molecular formula is C11H9NO3. The molecule has 1 heterocycles. The topological polar surface area (TPSA) is 66.4 Å². The van der Waals surface area contributed by atoms with E-state index in [1.807, 2.05) is 13.0 Å². The van der Waals surface area contributed by atoms with Crippen molar-refractivity contribution in [2.24, 2.45) is 0 Å². The van der Waals surface area contributed by atoms with Crippen LogP contribution >= 0.6 is 0 Å². The Labute approximate surface area is 86.2 Å². The number of rotatable bonds is 1. The molecule has 2 N–H and O–H groups in total. The van der Waals surface area contributed by atoms with Gasteiger partial charge in [-0.1, -0.05) is 11.6 Å². The summed E-state index contributed by atoms with van der Waals surface area (Å²) < 4.78 is 0. The Kier molecular flexibility index (Phi) is 2.04. The largest absolute Gasteiger partial charge is 0.478 e. The van der Waals surface area contributed by atoms with Gasteiger partial charge in [0.2, 0.25) is 0 Å². The molecule has 0 unspecified atom stereocenters. The number of anilines is 1. The first kappa shape index (κ1) is 9.45. The third-order valence-electron chi connectivity index (χ3n) is 2.23. The van der Waals surface area contributed by atoms with Gasteiger partial charge >= 0.3 is 5.97 Å². The normalized spacial score (nSPS) is 16.3. The van der Waals surface area contributed by atoms with Crippen LogP contribution in [0.2, 0.25) is 0 Å². The van der Waals surface area contributed by atoms with E-state index in [1.165, 1.54) is 0 Å². The fourth-order valence-corrected chi connectivity index (χ4v) is 1.57. The third-order valence-corrected chi connectivity index (χ3v) is 2.23. The number of carbonyl (C=O) groups excluding carboxylic acids is 1. The molecule has 4 nitrogen and oxygen atoms in total. The fourth-order valence-electron chi connectivity index (χ4n) is 1.57. The molecule has 2 rings (SSSR count). The van der Waals surface area contributed by atoms with E-state index in [2.05, 4.69) is 5.32 Å². The number of hydrogen-bond acceptors (Lipinski definition) is 2. The summed E-state index contributed by atoms with van der Waals surface area (Å²) in [5, 5.41) is 11.2. The number of carboxylic acid groups (broad SMARTS) is 1. The van der Waals surface area contributed by atoms with Crippen molar-refractivity contribution in [3.8, 4) is 0 Å². The first-order chi connectivity index (χ1) is 7.08. The zero-order valence-corrected chi connectivity index (χ0v) is 8.07. The van der Waals surface area contributed by atoms with E-state index < -0.39 is 5.97 Å². The van der Waals surface area contributed by atoms with E-state index in [4.69, 9.17) is 5.11 Å². The van der Waals surface area contributed by atoms with Crippen LogP contribution < -0.4 is 5.32 Å². The number of aryl methyl sites for hydroxylation is 1. The van der Waals surface area contributed by atoms with Gasteiger partial charge in [-0.15, -0.1) is 0 Å². The van der Waals surface area contributed by atoms with Gasteiger partial charge in [-0.2, -0.15) is 0 Å². The van der Waals surface area contributed by atoms with Gasteiger partial charge in [-0.3, -0.25) is 4.79 Å². The van der Waals surface area contributed by atoms with Crippen LogP contribution in [0.5, 0.6) is 0 Å². The molecule has 0 atom stereocenters. The van der Waals surface area contributed by atoms with Crippen LogP contribution in [0.25, 0.3) is 5.57 Å². The Morgan fingerprint density at radius 2 is 2.20 bits per heavy atom. The summed E-state index contributed by atoms with van der Waals surface area (Å²) in [5.41, 5.74) is 2.52. The minimum Gasteiger partial charge on any atom is -0.478 e. The van der Waals surface area contributed by atoms with Crippen molar-refractivity contribution >= 4 is 23.1 Å². The average Bonchev–Trinajstić information content (AvgIpc) is 2.43. The molecule has 0 bridgehead atoms. The van der Waals surface area contributed by atoms with Crippen molar-refractivity contribution in [2.75, 3.05) is 5.32 Å². The molecule has 0 aliphatic carbocycles. The summed E-state index contributed by atoms with van der Waals surface area (Å²) in [7, 11) is 0. The minimum absolute atomic E-state index is 0.209. The molecule has 0 radical (unpaired) electrons. The molecule has 15 heavy (non-hydrogen) atoms. The quantitative estimate of drug-likeness (QED) is 0.678. The Bertz CT molecular complexity index is 489. The Hall–Kier alpha value is -2.10. The standard InChI is InChI=1S/C11H9NO3/c1-6-2-3-9-7(4-6)8(5-10(13)14)11(15)12-9/h2-5H,1H3,(H,12,15)(H,13,14)/b8-5-. The Balaban J connectivity index is 2.58. The summed E-state index contributed by atoms with van der Waals surface area (Å²) in [5.74, 6) is -1.48. The second-order valence-corrected chi connectivity index (χ2v) is 3.40. The van der Waals surface area contributed by atoms with Crippen molar-refractivity contribution in [1.29, 1.82) is 0 Å². The highest BCUT2D eigenvalue weighted by Gasteiger charge is 2.24. The van der Waals surface area contributed by atoms with E-state index >= 15 is 0 Å². The zero-order chi connectivity index (χ0) is 11.0. The maximum Gasteiger partial charge on any atom is 0.329 e. The molecule has 76 valence electrons. The van der Waals surface area contributed by atoms with Gasteiger partial charge in [0.1, 0.15) is 0 Å². The number of carbonyl (C=O) groups is 2. The lowest BCUT2D eigenvalue weighted by Crippen LogP contribution is -2.05.